The van der Waals surface area contributed by atoms with E-state index in [4.69, 9.17) is 10.3 Å². The van der Waals surface area contributed by atoms with Gasteiger partial charge in [-0.25, -0.2) is 0 Å². The fourth-order valence-electron chi connectivity index (χ4n) is 1.68. The maximum Gasteiger partial charge on any atom is 0.277 e. The first-order chi connectivity index (χ1) is 9.60. The Bertz CT molecular complexity index is 693. The van der Waals surface area contributed by atoms with Gasteiger partial charge in [0.2, 0.25) is 0 Å². The molecule has 0 bridgehead atoms. The van der Waals surface area contributed by atoms with Crippen LogP contribution in [0.25, 0.3) is 0 Å². The standard InChI is InChI=1S/C15H15N3O2/c1-10-5-6-12(4-3-7-16)13(8-10)17-15(19)14-9-11(2)20-18-14/h5-6,8-9H,7,16H2,1-2H3,(H,17,19). The zero-order valence-corrected chi connectivity index (χ0v) is 11.4. The van der Waals surface area contributed by atoms with Crippen LogP contribution in [0.3, 0.4) is 0 Å². The van der Waals surface area contributed by atoms with Crippen molar-refractivity contribution in [2.75, 3.05) is 11.9 Å². The minimum Gasteiger partial charge on any atom is -0.361 e. The summed E-state index contributed by atoms with van der Waals surface area (Å²) in [6, 6.07) is 7.21. The lowest BCUT2D eigenvalue weighted by Crippen LogP contribution is -2.13. The smallest absolute Gasteiger partial charge is 0.277 e. The third kappa shape index (κ3) is 3.25. The summed E-state index contributed by atoms with van der Waals surface area (Å²) in [5.74, 6) is 5.96. The molecule has 2 rings (SSSR count). The fraction of sp³-hybridized carbons (Fsp3) is 0.200. The molecular weight excluding hydrogens is 254 g/mol. The quantitative estimate of drug-likeness (QED) is 0.815. The van der Waals surface area contributed by atoms with Crippen LogP contribution < -0.4 is 11.1 Å². The number of nitrogens with zero attached hydrogens (tertiary/aromatic N) is 1. The number of hydrogen-bond acceptors (Lipinski definition) is 4. The Morgan fingerprint density at radius 3 is 2.85 bits per heavy atom. The van der Waals surface area contributed by atoms with Crippen LogP contribution in [0.5, 0.6) is 0 Å². The van der Waals surface area contributed by atoms with Gasteiger partial charge in [0.1, 0.15) is 5.76 Å². The SMILES string of the molecule is Cc1ccc(C#CCN)c(NC(=O)c2cc(C)on2)c1. The number of carbonyl (C=O) groups excluding carboxylic acids is 1. The number of amides is 1. The zero-order valence-electron chi connectivity index (χ0n) is 11.4. The van der Waals surface area contributed by atoms with Crippen molar-refractivity contribution < 1.29 is 9.32 Å². The first-order valence-electron chi connectivity index (χ1n) is 6.14. The van der Waals surface area contributed by atoms with E-state index in [1.54, 1.807) is 13.0 Å². The van der Waals surface area contributed by atoms with Crippen LogP contribution in [0.2, 0.25) is 0 Å². The lowest BCUT2D eigenvalue weighted by Gasteiger charge is -2.07. The van der Waals surface area contributed by atoms with Crippen LogP contribution >= 0.6 is 0 Å². The highest BCUT2D eigenvalue weighted by atomic mass is 16.5. The fourth-order valence-corrected chi connectivity index (χ4v) is 1.68. The molecule has 0 radical (unpaired) electrons. The van der Waals surface area contributed by atoms with E-state index in [1.807, 2.05) is 25.1 Å². The molecule has 0 fully saturated rings. The number of benzene rings is 1. The molecule has 0 spiro atoms. The van der Waals surface area contributed by atoms with E-state index in [-0.39, 0.29) is 18.1 Å². The van der Waals surface area contributed by atoms with Crippen molar-refractivity contribution in [1.82, 2.24) is 5.16 Å². The Morgan fingerprint density at radius 1 is 1.40 bits per heavy atom. The number of rotatable bonds is 2. The van der Waals surface area contributed by atoms with Crippen LogP contribution in [0.4, 0.5) is 5.69 Å². The third-order valence-electron chi connectivity index (χ3n) is 2.61. The zero-order chi connectivity index (χ0) is 14.5. The van der Waals surface area contributed by atoms with Crippen molar-refractivity contribution in [3.8, 4) is 11.8 Å². The van der Waals surface area contributed by atoms with Gasteiger partial charge in [-0.3, -0.25) is 4.79 Å². The normalized spacial score (nSPS) is 9.75. The molecule has 1 aromatic heterocycles. The molecule has 5 nitrogen and oxygen atoms in total. The Hall–Kier alpha value is -2.58. The molecule has 0 saturated carbocycles. The van der Waals surface area contributed by atoms with Crippen LogP contribution in [-0.4, -0.2) is 17.6 Å². The van der Waals surface area contributed by atoms with E-state index >= 15 is 0 Å². The van der Waals surface area contributed by atoms with Gasteiger partial charge in [0.25, 0.3) is 5.91 Å². The molecular formula is C15H15N3O2. The second-order valence-electron chi connectivity index (χ2n) is 4.33. The minimum absolute atomic E-state index is 0.238. The average Bonchev–Trinajstić information content (AvgIpc) is 2.85. The molecule has 1 amide bonds. The number of nitrogens with one attached hydrogen (secondary N) is 1. The molecule has 3 N–H and O–H groups in total. The molecule has 102 valence electrons. The third-order valence-corrected chi connectivity index (χ3v) is 2.61. The Morgan fingerprint density at radius 2 is 2.20 bits per heavy atom. The van der Waals surface area contributed by atoms with Crippen LogP contribution in [0, 0.1) is 25.7 Å². The molecule has 1 aromatic carbocycles. The lowest BCUT2D eigenvalue weighted by molar-refractivity contribution is 0.101. The molecule has 20 heavy (non-hydrogen) atoms. The van der Waals surface area contributed by atoms with E-state index in [0.717, 1.165) is 11.1 Å². The molecule has 0 aliphatic heterocycles. The van der Waals surface area contributed by atoms with Crippen molar-refractivity contribution in [3.63, 3.8) is 0 Å². The highest BCUT2D eigenvalue weighted by molar-refractivity contribution is 6.03. The predicted octanol–water partition coefficient (Wildman–Crippen LogP) is 1.85. The highest BCUT2D eigenvalue weighted by Gasteiger charge is 2.12. The van der Waals surface area contributed by atoms with Crippen LogP contribution in [0.15, 0.2) is 28.8 Å². The monoisotopic (exact) mass is 269 g/mol. The van der Waals surface area contributed by atoms with Gasteiger partial charge >= 0.3 is 0 Å². The summed E-state index contributed by atoms with van der Waals surface area (Å²) in [6.07, 6.45) is 0. The minimum atomic E-state index is -0.330. The molecule has 0 atom stereocenters. The highest BCUT2D eigenvalue weighted by Crippen LogP contribution is 2.17. The van der Waals surface area contributed by atoms with Gasteiger partial charge in [0.05, 0.1) is 12.2 Å². The Balaban J connectivity index is 2.28. The summed E-state index contributed by atoms with van der Waals surface area (Å²) >= 11 is 0. The second kappa shape index (κ2) is 6.04. The van der Waals surface area contributed by atoms with Gasteiger partial charge in [-0.15, -0.1) is 0 Å². The number of carbonyl (C=O) groups is 1. The number of aromatic nitrogens is 1. The van der Waals surface area contributed by atoms with Crippen LogP contribution in [-0.2, 0) is 0 Å². The van der Waals surface area contributed by atoms with E-state index in [1.165, 1.54) is 0 Å². The largest absolute Gasteiger partial charge is 0.361 e. The first-order valence-corrected chi connectivity index (χ1v) is 6.14. The molecule has 2 aromatic rings. The van der Waals surface area contributed by atoms with E-state index in [2.05, 4.69) is 22.3 Å². The summed E-state index contributed by atoms with van der Waals surface area (Å²) in [6.45, 7) is 3.94. The van der Waals surface area contributed by atoms with Crippen molar-refractivity contribution in [2.45, 2.75) is 13.8 Å². The van der Waals surface area contributed by atoms with Crippen molar-refractivity contribution in [3.05, 3.63) is 46.8 Å². The lowest BCUT2D eigenvalue weighted by atomic mass is 10.1. The van der Waals surface area contributed by atoms with Gasteiger partial charge in [0.15, 0.2) is 5.69 Å². The van der Waals surface area contributed by atoms with Crippen molar-refractivity contribution in [1.29, 1.82) is 0 Å². The number of anilines is 1. The van der Waals surface area contributed by atoms with Gasteiger partial charge in [-0.2, -0.15) is 0 Å². The summed E-state index contributed by atoms with van der Waals surface area (Å²) < 4.78 is 4.89. The summed E-state index contributed by atoms with van der Waals surface area (Å²) in [5, 5.41) is 6.47. The van der Waals surface area contributed by atoms with Crippen LogP contribution in [0.1, 0.15) is 27.4 Å². The molecule has 0 aliphatic carbocycles. The molecule has 0 unspecified atom stereocenters. The Labute approximate surface area is 117 Å². The molecule has 5 heteroatoms. The summed E-state index contributed by atoms with van der Waals surface area (Å²) in [4.78, 5) is 12.1. The Kier molecular flexibility index (Phi) is 4.18. The van der Waals surface area contributed by atoms with E-state index < -0.39 is 0 Å². The topological polar surface area (TPSA) is 81.1 Å². The molecule has 0 aliphatic rings. The van der Waals surface area contributed by atoms with E-state index in [9.17, 15) is 4.79 Å². The summed E-state index contributed by atoms with van der Waals surface area (Å²) in [5.41, 5.74) is 7.98. The molecule has 0 saturated heterocycles. The van der Waals surface area contributed by atoms with Crippen molar-refractivity contribution >= 4 is 11.6 Å². The second-order valence-corrected chi connectivity index (χ2v) is 4.33. The number of aryl methyl sites for hydroxylation is 2. The van der Waals surface area contributed by atoms with Crippen molar-refractivity contribution in [2.24, 2.45) is 5.73 Å². The number of hydrogen-bond donors (Lipinski definition) is 2. The van der Waals surface area contributed by atoms with Gasteiger partial charge < -0.3 is 15.6 Å². The summed E-state index contributed by atoms with van der Waals surface area (Å²) in [7, 11) is 0. The van der Waals surface area contributed by atoms with Gasteiger partial charge in [-0.1, -0.05) is 23.1 Å². The van der Waals surface area contributed by atoms with Gasteiger partial charge in [-0.05, 0) is 31.5 Å². The number of nitrogens with two attached hydrogens (primary N) is 1. The first kappa shape index (κ1) is 13.8. The predicted molar refractivity (Wildman–Crippen MR) is 76.3 cm³/mol. The maximum absolute atomic E-state index is 12.1. The van der Waals surface area contributed by atoms with Gasteiger partial charge in [0, 0.05) is 11.6 Å². The maximum atomic E-state index is 12.1. The van der Waals surface area contributed by atoms with E-state index in [0.29, 0.717) is 11.4 Å². The molecule has 1 heterocycles. The average molecular weight is 269 g/mol.